The molecule has 1 aromatic rings. The van der Waals surface area contributed by atoms with Gasteiger partial charge in [0.2, 0.25) is 5.60 Å². The van der Waals surface area contributed by atoms with Crippen LogP contribution < -0.4 is 5.32 Å². The van der Waals surface area contributed by atoms with Crippen molar-refractivity contribution in [2.75, 3.05) is 19.0 Å². The van der Waals surface area contributed by atoms with Crippen molar-refractivity contribution in [3.8, 4) is 6.07 Å². The van der Waals surface area contributed by atoms with Crippen molar-refractivity contribution < 1.29 is 32.2 Å². The fraction of sp³-hybridized carbons (Fsp3) is 0.429. The van der Waals surface area contributed by atoms with E-state index in [1.54, 1.807) is 0 Å². The maximum absolute atomic E-state index is 12.9. The molecule has 0 aromatic carbocycles. The number of carbonyl (C=O) groups excluding carboxylic acids is 2. The van der Waals surface area contributed by atoms with E-state index < -0.39 is 34.9 Å². The van der Waals surface area contributed by atoms with Crippen LogP contribution in [-0.4, -0.2) is 36.2 Å². The first-order valence-corrected chi connectivity index (χ1v) is 6.61. The minimum atomic E-state index is -4.83. The van der Waals surface area contributed by atoms with E-state index in [4.69, 9.17) is 14.7 Å². The first-order chi connectivity index (χ1) is 11.1. The Hall–Kier alpha value is -2.67. The van der Waals surface area contributed by atoms with Crippen molar-refractivity contribution in [3.05, 3.63) is 23.5 Å². The third-order valence-corrected chi connectivity index (χ3v) is 3.06. The molecule has 0 saturated carbocycles. The molecule has 1 aromatic heterocycles. The molecule has 1 heterocycles. The molecule has 10 heteroatoms. The Morgan fingerprint density at radius 2 is 2.04 bits per heavy atom. The monoisotopic (exact) mass is 345 g/mol. The zero-order valence-corrected chi connectivity index (χ0v) is 13.0. The number of hydrogen-bond donors (Lipinski definition) is 1. The number of esters is 1. The Bertz CT molecular complexity index is 685. The summed E-state index contributed by atoms with van der Waals surface area (Å²) in [6, 6.07) is 1.86. The van der Waals surface area contributed by atoms with Gasteiger partial charge in [-0.05, 0) is 19.9 Å². The van der Waals surface area contributed by atoms with Gasteiger partial charge >= 0.3 is 12.1 Å². The lowest BCUT2D eigenvalue weighted by Gasteiger charge is -2.24. The molecule has 1 N–H and O–H groups in total. The molecule has 7 nitrogen and oxygen atoms in total. The second kappa shape index (κ2) is 7.27. The molecule has 0 fully saturated rings. The van der Waals surface area contributed by atoms with Crippen molar-refractivity contribution in [2.24, 2.45) is 0 Å². The zero-order chi connectivity index (χ0) is 18.5. The van der Waals surface area contributed by atoms with Crippen LogP contribution in [0, 0.1) is 11.3 Å². The van der Waals surface area contributed by atoms with Gasteiger partial charge in [0.15, 0.2) is 5.69 Å². The smallest absolute Gasteiger partial charge is 0.419 e. The van der Waals surface area contributed by atoms with Crippen LogP contribution in [0.5, 0.6) is 0 Å². The van der Waals surface area contributed by atoms with Gasteiger partial charge in [0, 0.05) is 7.11 Å². The van der Waals surface area contributed by atoms with Crippen LogP contribution in [0.15, 0.2) is 12.3 Å². The first kappa shape index (κ1) is 19.4. The van der Waals surface area contributed by atoms with Crippen molar-refractivity contribution in [1.82, 2.24) is 4.98 Å². The quantitative estimate of drug-likeness (QED) is 0.646. The Morgan fingerprint density at radius 1 is 1.42 bits per heavy atom. The molecule has 0 aliphatic rings. The third kappa shape index (κ3) is 3.99. The number of nitrogens with zero attached hydrogens (tertiary/aromatic N) is 2. The number of carbonyl (C=O) groups is 2. The lowest BCUT2D eigenvalue weighted by atomic mass is 10.1. The van der Waals surface area contributed by atoms with Gasteiger partial charge in [-0.25, -0.2) is 9.78 Å². The lowest BCUT2D eigenvalue weighted by molar-refractivity contribution is -0.170. The van der Waals surface area contributed by atoms with Gasteiger partial charge in [0.05, 0.1) is 24.1 Å². The Balaban J connectivity index is 3.15. The molecule has 0 aliphatic heterocycles. The van der Waals surface area contributed by atoms with Crippen LogP contribution in [0.25, 0.3) is 0 Å². The van der Waals surface area contributed by atoms with E-state index in [0.29, 0.717) is 6.07 Å². The zero-order valence-electron chi connectivity index (χ0n) is 13.0. The van der Waals surface area contributed by atoms with E-state index in [9.17, 15) is 22.8 Å². The molecule has 130 valence electrons. The standard InChI is InChI=1S/C14H14F3N3O4/c1-4-24-12(22)13(2,23-3)11(21)20-8-5-9(14(15,16)17)10(6-18)19-7-8/h5,7H,4H2,1-3H3,(H,20,21). The minimum Gasteiger partial charge on any atom is -0.463 e. The van der Waals surface area contributed by atoms with E-state index in [2.05, 4.69) is 10.3 Å². The van der Waals surface area contributed by atoms with E-state index in [1.165, 1.54) is 13.0 Å². The number of ether oxygens (including phenoxy) is 2. The molecule has 0 aliphatic carbocycles. The van der Waals surface area contributed by atoms with Crippen LogP contribution >= 0.6 is 0 Å². The van der Waals surface area contributed by atoms with E-state index in [0.717, 1.165) is 20.2 Å². The van der Waals surface area contributed by atoms with Crippen LogP contribution in [0.1, 0.15) is 25.1 Å². The molecule has 1 rings (SSSR count). The van der Waals surface area contributed by atoms with Crippen molar-refractivity contribution in [3.63, 3.8) is 0 Å². The number of amides is 1. The number of aromatic nitrogens is 1. The summed E-state index contributed by atoms with van der Waals surface area (Å²) >= 11 is 0. The van der Waals surface area contributed by atoms with E-state index >= 15 is 0 Å². The number of pyridine rings is 1. The third-order valence-electron chi connectivity index (χ3n) is 3.06. The Kier molecular flexibility index (Phi) is 5.87. The van der Waals surface area contributed by atoms with Gasteiger partial charge in [0.25, 0.3) is 5.91 Å². The van der Waals surface area contributed by atoms with E-state index in [-0.39, 0.29) is 12.3 Å². The number of anilines is 1. The second-order valence-electron chi connectivity index (χ2n) is 4.64. The molecule has 0 spiro atoms. The highest BCUT2D eigenvalue weighted by atomic mass is 19.4. The SMILES string of the molecule is CCOC(=O)C(C)(OC)C(=O)Nc1cnc(C#N)c(C(F)(F)F)c1. The maximum Gasteiger partial charge on any atom is 0.419 e. The van der Waals surface area contributed by atoms with Gasteiger partial charge in [-0.15, -0.1) is 0 Å². The fourth-order valence-electron chi connectivity index (χ4n) is 1.63. The van der Waals surface area contributed by atoms with Gasteiger partial charge in [-0.1, -0.05) is 0 Å². The molecule has 0 bridgehead atoms. The molecule has 1 atom stereocenters. The van der Waals surface area contributed by atoms with Gasteiger partial charge in [0.1, 0.15) is 6.07 Å². The number of hydrogen-bond acceptors (Lipinski definition) is 6. The average Bonchev–Trinajstić information content (AvgIpc) is 2.53. The Labute approximate surface area is 135 Å². The summed E-state index contributed by atoms with van der Waals surface area (Å²) in [6.07, 6.45) is -3.96. The predicted octanol–water partition coefficient (Wildman–Crippen LogP) is 1.88. The normalized spacial score (nSPS) is 13.5. The second-order valence-corrected chi connectivity index (χ2v) is 4.64. The highest BCUT2D eigenvalue weighted by Gasteiger charge is 2.43. The van der Waals surface area contributed by atoms with Crippen LogP contribution in [0.2, 0.25) is 0 Å². The minimum absolute atomic E-state index is 0.0122. The van der Waals surface area contributed by atoms with E-state index in [1.807, 2.05) is 0 Å². The first-order valence-electron chi connectivity index (χ1n) is 6.61. The maximum atomic E-state index is 12.9. The fourth-order valence-corrected chi connectivity index (χ4v) is 1.63. The number of rotatable bonds is 5. The van der Waals surface area contributed by atoms with Crippen molar-refractivity contribution >= 4 is 17.6 Å². The van der Waals surface area contributed by atoms with Gasteiger partial charge in [-0.3, -0.25) is 4.79 Å². The number of nitrogens with one attached hydrogen (secondary N) is 1. The molecule has 1 amide bonds. The molecule has 24 heavy (non-hydrogen) atoms. The summed E-state index contributed by atoms with van der Waals surface area (Å²) in [5, 5.41) is 10.8. The van der Waals surface area contributed by atoms with Crippen molar-refractivity contribution in [1.29, 1.82) is 5.26 Å². The van der Waals surface area contributed by atoms with Gasteiger partial charge < -0.3 is 14.8 Å². The summed E-state index contributed by atoms with van der Waals surface area (Å²) in [5.41, 5.74) is -4.54. The van der Waals surface area contributed by atoms with Crippen molar-refractivity contribution in [2.45, 2.75) is 25.6 Å². The summed E-state index contributed by atoms with van der Waals surface area (Å²) < 4.78 is 48.2. The topological polar surface area (TPSA) is 101 Å². The number of alkyl halides is 3. The Morgan fingerprint density at radius 3 is 2.50 bits per heavy atom. The van der Waals surface area contributed by atoms with Gasteiger partial charge in [-0.2, -0.15) is 18.4 Å². The molecular formula is C14H14F3N3O4. The average molecular weight is 345 g/mol. The summed E-state index contributed by atoms with van der Waals surface area (Å²) in [7, 11) is 1.08. The molecule has 0 radical (unpaired) electrons. The molecule has 0 saturated heterocycles. The highest BCUT2D eigenvalue weighted by molar-refractivity contribution is 6.11. The largest absolute Gasteiger partial charge is 0.463 e. The molecular weight excluding hydrogens is 331 g/mol. The van der Waals surface area contributed by atoms with Crippen LogP contribution in [0.3, 0.4) is 0 Å². The van der Waals surface area contributed by atoms with Crippen LogP contribution in [0.4, 0.5) is 18.9 Å². The number of methoxy groups -OCH3 is 1. The van der Waals surface area contributed by atoms with Crippen LogP contribution in [-0.2, 0) is 25.2 Å². The summed E-state index contributed by atoms with van der Waals surface area (Å²) in [6.45, 7) is 2.62. The highest BCUT2D eigenvalue weighted by Crippen LogP contribution is 2.32. The predicted molar refractivity (Wildman–Crippen MR) is 74.6 cm³/mol. The number of halogens is 3. The number of nitriles is 1. The molecule has 1 unspecified atom stereocenters. The summed E-state index contributed by atoms with van der Waals surface area (Å²) in [4.78, 5) is 27.3. The summed E-state index contributed by atoms with van der Waals surface area (Å²) in [5.74, 6) is -2.04. The lowest BCUT2D eigenvalue weighted by Crippen LogP contribution is -2.50.